The third-order valence-electron chi connectivity index (χ3n) is 4.00. The van der Waals surface area contributed by atoms with Crippen molar-refractivity contribution in [2.24, 2.45) is 0 Å². The van der Waals surface area contributed by atoms with E-state index in [1.54, 1.807) is 11.1 Å². The highest BCUT2D eigenvalue weighted by Gasteiger charge is 2.26. The van der Waals surface area contributed by atoms with Gasteiger partial charge >= 0.3 is 6.09 Å². The molecule has 0 saturated carbocycles. The zero-order chi connectivity index (χ0) is 18.0. The molecule has 0 radical (unpaired) electrons. The molecule has 2 rings (SSSR count). The number of anilines is 1. The molecule has 0 aromatic carbocycles. The Bertz CT molecular complexity index is 618. The molecule has 130 valence electrons. The Morgan fingerprint density at radius 3 is 2.25 bits per heavy atom. The van der Waals surface area contributed by atoms with Crippen LogP contribution in [0.2, 0.25) is 0 Å². The third kappa shape index (κ3) is 4.38. The molecule has 1 saturated heterocycles. The number of carbonyl (C=O) groups is 1. The Morgan fingerprint density at radius 1 is 1.17 bits per heavy atom. The average Bonchev–Trinajstić information content (AvgIpc) is 2.53. The van der Waals surface area contributed by atoms with Gasteiger partial charge in [-0.05, 0) is 46.2 Å². The molecule has 6 nitrogen and oxygen atoms in total. The minimum Gasteiger partial charge on any atom is -0.444 e. The lowest BCUT2D eigenvalue weighted by Crippen LogP contribution is -2.50. The Kier molecular flexibility index (Phi) is 5.02. The molecular weight excluding hydrogens is 304 g/mol. The molecule has 1 aromatic rings. The van der Waals surface area contributed by atoms with Gasteiger partial charge in [0.05, 0.1) is 11.5 Å². The summed E-state index contributed by atoms with van der Waals surface area (Å²) in [5, 5.41) is 9.19. The first-order chi connectivity index (χ1) is 11.1. The summed E-state index contributed by atoms with van der Waals surface area (Å²) >= 11 is 0. The topological polar surface area (TPSA) is 69.5 Å². The number of carbonyl (C=O) groups excluding carboxylic acids is 1. The van der Waals surface area contributed by atoms with Gasteiger partial charge in [0.1, 0.15) is 11.4 Å². The predicted octanol–water partition coefficient (Wildman–Crippen LogP) is 2.94. The highest BCUT2D eigenvalue weighted by molar-refractivity contribution is 5.68. The minimum absolute atomic E-state index is 0.263. The maximum absolute atomic E-state index is 12.1. The van der Waals surface area contributed by atoms with Crippen molar-refractivity contribution in [3.63, 3.8) is 0 Å². The van der Waals surface area contributed by atoms with E-state index in [1.807, 2.05) is 46.8 Å². The van der Waals surface area contributed by atoms with Gasteiger partial charge in [0.25, 0.3) is 0 Å². The normalized spacial score (nSPS) is 15.8. The van der Waals surface area contributed by atoms with Crippen LogP contribution in [0.1, 0.15) is 40.2 Å². The molecule has 1 aromatic heterocycles. The molecule has 24 heavy (non-hydrogen) atoms. The van der Waals surface area contributed by atoms with E-state index in [4.69, 9.17) is 4.74 Å². The highest BCUT2D eigenvalue weighted by atomic mass is 16.6. The van der Waals surface area contributed by atoms with Crippen molar-refractivity contribution in [1.29, 1.82) is 5.26 Å². The largest absolute Gasteiger partial charge is 0.444 e. The molecule has 0 N–H and O–H groups in total. The molecule has 6 heteroatoms. The summed E-state index contributed by atoms with van der Waals surface area (Å²) in [6, 6.07) is 6.17. The summed E-state index contributed by atoms with van der Waals surface area (Å²) in [6.45, 7) is 12.0. The van der Waals surface area contributed by atoms with E-state index in [9.17, 15) is 10.1 Å². The average molecular weight is 330 g/mol. The number of nitriles is 1. The first-order valence-electron chi connectivity index (χ1n) is 8.23. The lowest BCUT2D eigenvalue weighted by atomic mass is 9.88. The molecular formula is C18H26N4O2. The fourth-order valence-corrected chi connectivity index (χ4v) is 2.45. The first-order valence-corrected chi connectivity index (χ1v) is 8.23. The van der Waals surface area contributed by atoms with Gasteiger partial charge in [-0.25, -0.2) is 9.78 Å². The van der Waals surface area contributed by atoms with Gasteiger partial charge in [0.15, 0.2) is 0 Å². The van der Waals surface area contributed by atoms with Crippen LogP contribution in [-0.2, 0) is 10.2 Å². The monoisotopic (exact) mass is 330 g/mol. The van der Waals surface area contributed by atoms with Gasteiger partial charge in [0.2, 0.25) is 0 Å². The summed E-state index contributed by atoms with van der Waals surface area (Å²) < 4.78 is 5.41. The van der Waals surface area contributed by atoms with Crippen LogP contribution in [0.4, 0.5) is 10.6 Å². The van der Waals surface area contributed by atoms with E-state index in [0.29, 0.717) is 26.2 Å². The lowest BCUT2D eigenvalue weighted by molar-refractivity contribution is 0.0240. The fraction of sp³-hybridized carbons (Fsp3) is 0.611. The van der Waals surface area contributed by atoms with Crippen LogP contribution in [0.15, 0.2) is 18.3 Å². The predicted molar refractivity (Wildman–Crippen MR) is 92.9 cm³/mol. The SMILES string of the molecule is CC(C)(C)OC(=O)N1CCN(c2ccc(C(C)(C)C#N)cn2)CC1. The van der Waals surface area contributed by atoms with Crippen LogP contribution in [-0.4, -0.2) is 47.8 Å². The van der Waals surface area contributed by atoms with Crippen molar-refractivity contribution in [2.45, 2.75) is 45.6 Å². The van der Waals surface area contributed by atoms with Crippen LogP contribution < -0.4 is 4.90 Å². The summed E-state index contributed by atoms with van der Waals surface area (Å²) in [5.41, 5.74) is -0.110. The van der Waals surface area contributed by atoms with Crippen LogP contribution in [0, 0.1) is 11.3 Å². The van der Waals surface area contributed by atoms with Crippen LogP contribution in [0.25, 0.3) is 0 Å². The van der Waals surface area contributed by atoms with E-state index in [-0.39, 0.29) is 6.09 Å². The van der Waals surface area contributed by atoms with Gasteiger partial charge in [-0.15, -0.1) is 0 Å². The number of hydrogen-bond donors (Lipinski definition) is 0. The molecule has 0 atom stereocenters. The Labute approximate surface area is 144 Å². The molecule has 1 amide bonds. The molecule has 1 aliphatic rings. The van der Waals surface area contributed by atoms with E-state index in [1.165, 1.54) is 0 Å². The first kappa shape index (κ1) is 18.1. The Balaban J connectivity index is 1.95. The molecule has 2 heterocycles. The van der Waals surface area contributed by atoms with Crippen molar-refractivity contribution in [2.75, 3.05) is 31.1 Å². The zero-order valence-electron chi connectivity index (χ0n) is 15.2. The summed E-state index contributed by atoms with van der Waals surface area (Å²) in [5.74, 6) is 0.872. The van der Waals surface area contributed by atoms with Gasteiger partial charge in [-0.2, -0.15) is 5.26 Å². The molecule has 0 aliphatic carbocycles. The lowest BCUT2D eigenvalue weighted by Gasteiger charge is -2.36. The molecule has 0 bridgehead atoms. The number of amides is 1. The minimum atomic E-state index is -0.541. The summed E-state index contributed by atoms with van der Waals surface area (Å²) in [4.78, 5) is 20.4. The van der Waals surface area contributed by atoms with Crippen LogP contribution >= 0.6 is 0 Å². The smallest absolute Gasteiger partial charge is 0.410 e. The van der Waals surface area contributed by atoms with Crippen molar-refractivity contribution in [3.05, 3.63) is 23.9 Å². The molecule has 0 spiro atoms. The van der Waals surface area contributed by atoms with Gasteiger partial charge in [0, 0.05) is 32.4 Å². The van der Waals surface area contributed by atoms with Crippen LogP contribution in [0.3, 0.4) is 0 Å². The van der Waals surface area contributed by atoms with Crippen molar-refractivity contribution in [3.8, 4) is 6.07 Å². The number of hydrogen-bond acceptors (Lipinski definition) is 5. The number of rotatable bonds is 2. The quantitative estimate of drug-likeness (QED) is 0.834. The second kappa shape index (κ2) is 6.68. The third-order valence-corrected chi connectivity index (χ3v) is 4.00. The van der Waals surface area contributed by atoms with Gasteiger partial charge in [-0.1, -0.05) is 6.07 Å². The van der Waals surface area contributed by atoms with Crippen LogP contribution in [0.5, 0.6) is 0 Å². The molecule has 1 aliphatic heterocycles. The maximum Gasteiger partial charge on any atom is 0.410 e. The Hall–Kier alpha value is -2.29. The highest BCUT2D eigenvalue weighted by Crippen LogP contribution is 2.23. The summed E-state index contributed by atoms with van der Waals surface area (Å²) in [6.07, 6.45) is 1.50. The number of piperazine rings is 1. The summed E-state index contributed by atoms with van der Waals surface area (Å²) in [7, 11) is 0. The Morgan fingerprint density at radius 2 is 1.79 bits per heavy atom. The molecule has 1 fully saturated rings. The molecule has 0 unspecified atom stereocenters. The number of aromatic nitrogens is 1. The number of nitrogens with zero attached hydrogens (tertiary/aromatic N) is 4. The number of pyridine rings is 1. The zero-order valence-corrected chi connectivity index (χ0v) is 15.2. The maximum atomic E-state index is 12.1. The second-order valence-corrected chi connectivity index (χ2v) is 7.60. The van der Waals surface area contributed by atoms with Gasteiger partial charge in [-0.3, -0.25) is 0 Å². The fourth-order valence-electron chi connectivity index (χ4n) is 2.45. The van der Waals surface area contributed by atoms with E-state index in [2.05, 4.69) is 16.0 Å². The van der Waals surface area contributed by atoms with E-state index >= 15 is 0 Å². The van der Waals surface area contributed by atoms with E-state index in [0.717, 1.165) is 11.4 Å². The van der Waals surface area contributed by atoms with E-state index < -0.39 is 11.0 Å². The van der Waals surface area contributed by atoms with Gasteiger partial charge < -0.3 is 14.5 Å². The number of ether oxygens (including phenoxy) is 1. The standard InChI is InChI=1S/C18H26N4O2/c1-17(2,3)24-16(23)22-10-8-21(9-11-22)15-7-6-14(12-20-15)18(4,5)13-19/h6-7,12H,8-11H2,1-5H3. The van der Waals surface area contributed by atoms with Crippen molar-refractivity contribution < 1.29 is 9.53 Å². The van der Waals surface area contributed by atoms with Crippen molar-refractivity contribution in [1.82, 2.24) is 9.88 Å². The second-order valence-electron chi connectivity index (χ2n) is 7.60. The van der Waals surface area contributed by atoms with Crippen molar-refractivity contribution >= 4 is 11.9 Å².